The number of hydrogen-bond donors (Lipinski definition) is 2. The third-order valence-corrected chi connectivity index (χ3v) is 3.70. The van der Waals surface area contributed by atoms with Gasteiger partial charge in [0.2, 0.25) is 5.91 Å². The highest BCUT2D eigenvalue weighted by Gasteiger charge is 2.29. The highest BCUT2D eigenvalue weighted by atomic mass is 16.6. The number of anilines is 2. The van der Waals surface area contributed by atoms with E-state index in [9.17, 15) is 19.7 Å². The molecule has 1 fully saturated rings. The van der Waals surface area contributed by atoms with Gasteiger partial charge >= 0.3 is 0 Å². The predicted octanol–water partition coefficient (Wildman–Crippen LogP) is 3.20. The maximum absolute atomic E-state index is 12.1. The second-order valence-electron chi connectivity index (χ2n) is 5.60. The summed E-state index contributed by atoms with van der Waals surface area (Å²) in [7, 11) is 0. The third kappa shape index (κ3) is 3.75. The smallest absolute Gasteiger partial charge is 0.269 e. The fourth-order valence-electron chi connectivity index (χ4n) is 2.16. The van der Waals surface area contributed by atoms with Crippen molar-refractivity contribution in [2.75, 3.05) is 10.6 Å². The van der Waals surface area contributed by atoms with Gasteiger partial charge in [-0.15, -0.1) is 0 Å². The minimum Gasteiger partial charge on any atom is -0.326 e. The Labute approximate surface area is 137 Å². The number of nitro groups is 1. The molecule has 1 aliphatic carbocycles. The number of non-ortho nitro benzene ring substituents is 1. The number of nitrogens with one attached hydrogen (secondary N) is 2. The summed E-state index contributed by atoms with van der Waals surface area (Å²) in [5.74, 6) is -0.205. The molecular weight excluding hydrogens is 310 g/mol. The zero-order chi connectivity index (χ0) is 17.1. The Kier molecular flexibility index (Phi) is 4.24. The molecule has 1 saturated carbocycles. The summed E-state index contributed by atoms with van der Waals surface area (Å²) in [6.07, 6.45) is 1.88. The highest BCUT2D eigenvalue weighted by Crippen LogP contribution is 2.30. The van der Waals surface area contributed by atoms with Gasteiger partial charge in [-0.05, 0) is 49.2 Å². The van der Waals surface area contributed by atoms with Crippen molar-refractivity contribution in [2.45, 2.75) is 12.8 Å². The molecule has 7 heteroatoms. The van der Waals surface area contributed by atoms with Gasteiger partial charge in [0.05, 0.1) is 4.92 Å². The summed E-state index contributed by atoms with van der Waals surface area (Å²) < 4.78 is 0. The normalized spacial score (nSPS) is 13.2. The largest absolute Gasteiger partial charge is 0.326 e. The van der Waals surface area contributed by atoms with Crippen molar-refractivity contribution in [1.29, 1.82) is 0 Å². The summed E-state index contributed by atoms with van der Waals surface area (Å²) >= 11 is 0. The van der Waals surface area contributed by atoms with E-state index in [-0.39, 0.29) is 23.4 Å². The topological polar surface area (TPSA) is 101 Å². The van der Waals surface area contributed by atoms with Crippen LogP contribution in [-0.4, -0.2) is 16.7 Å². The van der Waals surface area contributed by atoms with Crippen LogP contribution in [0.3, 0.4) is 0 Å². The zero-order valence-corrected chi connectivity index (χ0v) is 12.7. The SMILES string of the molecule is O=C(Nc1ccc(NC(=O)C2CC2)cc1)c1ccc([N+](=O)[O-])cc1. The quantitative estimate of drug-likeness (QED) is 0.651. The van der Waals surface area contributed by atoms with E-state index in [4.69, 9.17) is 0 Å². The van der Waals surface area contributed by atoms with E-state index >= 15 is 0 Å². The van der Waals surface area contributed by atoms with Crippen LogP contribution in [0.15, 0.2) is 48.5 Å². The van der Waals surface area contributed by atoms with Crippen LogP contribution in [0.5, 0.6) is 0 Å². The molecule has 0 atom stereocenters. The summed E-state index contributed by atoms with van der Waals surface area (Å²) in [6, 6.07) is 12.2. The number of carbonyl (C=O) groups is 2. The number of benzene rings is 2. The van der Waals surface area contributed by atoms with Crippen molar-refractivity contribution >= 4 is 28.9 Å². The Morgan fingerprint density at radius 3 is 1.96 bits per heavy atom. The van der Waals surface area contributed by atoms with Crippen LogP contribution < -0.4 is 10.6 Å². The molecule has 2 amide bonds. The van der Waals surface area contributed by atoms with Crippen LogP contribution in [0.2, 0.25) is 0 Å². The molecular formula is C17H15N3O4. The molecule has 122 valence electrons. The molecule has 0 radical (unpaired) electrons. The van der Waals surface area contributed by atoms with E-state index in [0.29, 0.717) is 16.9 Å². The van der Waals surface area contributed by atoms with Crippen LogP contribution in [0.25, 0.3) is 0 Å². The van der Waals surface area contributed by atoms with Gasteiger partial charge in [0.15, 0.2) is 0 Å². The molecule has 2 N–H and O–H groups in total. The lowest BCUT2D eigenvalue weighted by Crippen LogP contribution is -2.14. The van der Waals surface area contributed by atoms with E-state index in [1.54, 1.807) is 24.3 Å². The standard InChI is InChI=1S/C17H15N3O4/c21-16(11-1-2-11)18-13-5-7-14(8-6-13)19-17(22)12-3-9-15(10-4-12)20(23)24/h3-11H,1-2H2,(H,18,21)(H,19,22). The van der Waals surface area contributed by atoms with Crippen molar-refractivity contribution in [3.8, 4) is 0 Å². The molecule has 0 heterocycles. The number of rotatable bonds is 5. The molecule has 0 bridgehead atoms. The molecule has 3 rings (SSSR count). The molecule has 1 aliphatic rings. The second-order valence-corrected chi connectivity index (χ2v) is 5.60. The van der Waals surface area contributed by atoms with E-state index in [2.05, 4.69) is 10.6 Å². The highest BCUT2D eigenvalue weighted by molar-refractivity contribution is 6.04. The van der Waals surface area contributed by atoms with Gasteiger partial charge in [0.1, 0.15) is 0 Å². The minimum atomic E-state index is -0.518. The second kappa shape index (κ2) is 6.49. The zero-order valence-electron chi connectivity index (χ0n) is 12.7. The summed E-state index contributed by atoms with van der Waals surface area (Å²) in [5, 5.41) is 16.1. The first kappa shape index (κ1) is 15.7. The maximum Gasteiger partial charge on any atom is 0.269 e. The van der Waals surface area contributed by atoms with Crippen LogP contribution in [0, 0.1) is 16.0 Å². The Hall–Kier alpha value is -3.22. The molecule has 24 heavy (non-hydrogen) atoms. The average Bonchev–Trinajstić information content (AvgIpc) is 3.41. The van der Waals surface area contributed by atoms with Gasteiger partial charge in [-0.25, -0.2) is 0 Å². The number of hydrogen-bond acceptors (Lipinski definition) is 4. The van der Waals surface area contributed by atoms with Gasteiger partial charge in [0, 0.05) is 35.0 Å². The van der Waals surface area contributed by atoms with Gasteiger partial charge < -0.3 is 10.6 Å². The van der Waals surface area contributed by atoms with Crippen LogP contribution in [-0.2, 0) is 4.79 Å². The van der Waals surface area contributed by atoms with Crippen LogP contribution in [0.4, 0.5) is 17.1 Å². The molecule has 2 aromatic carbocycles. The van der Waals surface area contributed by atoms with E-state index in [0.717, 1.165) is 12.8 Å². The Morgan fingerprint density at radius 2 is 1.46 bits per heavy atom. The van der Waals surface area contributed by atoms with Crippen molar-refractivity contribution in [2.24, 2.45) is 5.92 Å². The Balaban J connectivity index is 1.61. The third-order valence-electron chi connectivity index (χ3n) is 3.70. The summed E-state index contributed by atoms with van der Waals surface area (Å²) in [6.45, 7) is 0. The molecule has 2 aromatic rings. The van der Waals surface area contributed by atoms with Crippen molar-refractivity contribution in [3.05, 3.63) is 64.2 Å². The Bertz CT molecular complexity index is 780. The number of amides is 2. The van der Waals surface area contributed by atoms with Gasteiger partial charge in [0.25, 0.3) is 11.6 Å². The molecule has 7 nitrogen and oxygen atoms in total. The van der Waals surface area contributed by atoms with Gasteiger partial charge in [-0.1, -0.05) is 0 Å². The lowest BCUT2D eigenvalue weighted by atomic mass is 10.2. The van der Waals surface area contributed by atoms with Crippen LogP contribution >= 0.6 is 0 Å². The predicted molar refractivity (Wildman–Crippen MR) is 88.8 cm³/mol. The number of nitro benzene ring substituents is 1. The minimum absolute atomic E-state index is 0.0256. The molecule has 0 saturated heterocycles. The lowest BCUT2D eigenvalue weighted by Gasteiger charge is -2.07. The average molecular weight is 325 g/mol. The monoisotopic (exact) mass is 325 g/mol. The first-order valence-electron chi connectivity index (χ1n) is 7.49. The van der Waals surface area contributed by atoms with Crippen molar-refractivity contribution in [1.82, 2.24) is 0 Å². The van der Waals surface area contributed by atoms with Crippen molar-refractivity contribution in [3.63, 3.8) is 0 Å². The fraction of sp³-hybridized carbons (Fsp3) is 0.176. The Morgan fingerprint density at radius 1 is 0.917 bits per heavy atom. The maximum atomic E-state index is 12.1. The van der Waals surface area contributed by atoms with E-state index < -0.39 is 4.92 Å². The summed E-state index contributed by atoms with van der Waals surface area (Å²) in [5.41, 5.74) is 1.51. The first-order valence-corrected chi connectivity index (χ1v) is 7.49. The van der Waals surface area contributed by atoms with E-state index in [1.165, 1.54) is 24.3 Å². The lowest BCUT2D eigenvalue weighted by molar-refractivity contribution is -0.384. The fourth-order valence-corrected chi connectivity index (χ4v) is 2.16. The first-order chi connectivity index (χ1) is 11.5. The molecule has 0 aliphatic heterocycles. The number of carbonyl (C=O) groups excluding carboxylic acids is 2. The number of nitrogens with zero attached hydrogens (tertiary/aromatic N) is 1. The summed E-state index contributed by atoms with van der Waals surface area (Å²) in [4.78, 5) is 33.9. The molecule has 0 spiro atoms. The van der Waals surface area contributed by atoms with Crippen LogP contribution in [0.1, 0.15) is 23.2 Å². The van der Waals surface area contributed by atoms with Gasteiger partial charge in [-0.3, -0.25) is 19.7 Å². The van der Waals surface area contributed by atoms with Gasteiger partial charge in [-0.2, -0.15) is 0 Å². The van der Waals surface area contributed by atoms with Crippen molar-refractivity contribution < 1.29 is 14.5 Å². The van der Waals surface area contributed by atoms with E-state index in [1.807, 2.05) is 0 Å². The molecule has 0 unspecified atom stereocenters. The molecule has 0 aromatic heterocycles.